The number of aromatic hydroxyl groups is 1. The fraction of sp³-hybridized carbons (Fsp3) is 0.462. The SMILES string of the molecule is COCCNC(=O)CCNCc1ccc(O)c(Cl)c1. The van der Waals surface area contributed by atoms with E-state index in [2.05, 4.69) is 10.6 Å². The van der Waals surface area contributed by atoms with Crippen LogP contribution in [0.4, 0.5) is 0 Å². The highest BCUT2D eigenvalue weighted by molar-refractivity contribution is 6.32. The molecule has 0 saturated heterocycles. The van der Waals surface area contributed by atoms with E-state index in [1.54, 1.807) is 25.3 Å². The van der Waals surface area contributed by atoms with E-state index in [-0.39, 0.29) is 11.7 Å². The molecule has 106 valence electrons. The first-order chi connectivity index (χ1) is 9.13. The number of phenols is 1. The topological polar surface area (TPSA) is 70.6 Å². The van der Waals surface area contributed by atoms with Gasteiger partial charge in [-0.05, 0) is 17.7 Å². The summed E-state index contributed by atoms with van der Waals surface area (Å²) in [6.45, 7) is 2.23. The lowest BCUT2D eigenvalue weighted by Crippen LogP contribution is -2.29. The molecular weight excluding hydrogens is 268 g/mol. The summed E-state index contributed by atoms with van der Waals surface area (Å²) in [7, 11) is 1.59. The Kier molecular flexibility index (Phi) is 7.25. The monoisotopic (exact) mass is 286 g/mol. The van der Waals surface area contributed by atoms with Gasteiger partial charge in [-0.25, -0.2) is 0 Å². The van der Waals surface area contributed by atoms with Crippen LogP contribution in [0.2, 0.25) is 5.02 Å². The highest BCUT2D eigenvalue weighted by atomic mass is 35.5. The van der Waals surface area contributed by atoms with Gasteiger partial charge >= 0.3 is 0 Å². The normalized spacial score (nSPS) is 10.4. The highest BCUT2D eigenvalue weighted by Gasteiger charge is 2.02. The van der Waals surface area contributed by atoms with Gasteiger partial charge < -0.3 is 20.5 Å². The van der Waals surface area contributed by atoms with E-state index in [4.69, 9.17) is 16.3 Å². The Morgan fingerprint density at radius 1 is 1.42 bits per heavy atom. The van der Waals surface area contributed by atoms with Crippen molar-refractivity contribution >= 4 is 17.5 Å². The summed E-state index contributed by atoms with van der Waals surface area (Å²) in [4.78, 5) is 11.4. The van der Waals surface area contributed by atoms with Gasteiger partial charge in [0.15, 0.2) is 0 Å². The van der Waals surface area contributed by atoms with Crippen LogP contribution >= 0.6 is 11.6 Å². The summed E-state index contributed by atoms with van der Waals surface area (Å²) in [6.07, 6.45) is 0.412. The van der Waals surface area contributed by atoms with Crippen LogP contribution in [-0.2, 0) is 16.1 Å². The Hall–Kier alpha value is -1.30. The lowest BCUT2D eigenvalue weighted by molar-refractivity contribution is -0.121. The number of nitrogens with one attached hydrogen (secondary N) is 2. The molecule has 0 fully saturated rings. The second-order valence-corrected chi connectivity index (χ2v) is 4.46. The van der Waals surface area contributed by atoms with E-state index in [0.29, 0.717) is 37.7 Å². The van der Waals surface area contributed by atoms with Crippen molar-refractivity contribution in [1.29, 1.82) is 0 Å². The first-order valence-corrected chi connectivity index (χ1v) is 6.45. The van der Waals surface area contributed by atoms with Crippen LogP contribution in [-0.4, -0.2) is 37.8 Å². The molecule has 0 heterocycles. The van der Waals surface area contributed by atoms with Gasteiger partial charge in [0.25, 0.3) is 0 Å². The van der Waals surface area contributed by atoms with Crippen molar-refractivity contribution in [3.05, 3.63) is 28.8 Å². The van der Waals surface area contributed by atoms with Gasteiger partial charge in [0, 0.05) is 33.2 Å². The van der Waals surface area contributed by atoms with E-state index in [1.807, 2.05) is 0 Å². The zero-order valence-corrected chi connectivity index (χ0v) is 11.7. The van der Waals surface area contributed by atoms with Gasteiger partial charge in [-0.1, -0.05) is 17.7 Å². The number of rotatable bonds is 8. The van der Waals surface area contributed by atoms with Crippen LogP contribution in [0.1, 0.15) is 12.0 Å². The molecule has 0 aliphatic heterocycles. The number of hydrogen-bond acceptors (Lipinski definition) is 4. The number of hydrogen-bond donors (Lipinski definition) is 3. The molecule has 0 spiro atoms. The number of ether oxygens (including phenoxy) is 1. The summed E-state index contributed by atoms with van der Waals surface area (Å²) in [5.41, 5.74) is 0.961. The molecule has 5 nitrogen and oxygen atoms in total. The zero-order valence-electron chi connectivity index (χ0n) is 10.9. The minimum absolute atomic E-state index is 0.00621. The average molecular weight is 287 g/mol. The maximum Gasteiger partial charge on any atom is 0.221 e. The summed E-state index contributed by atoms with van der Waals surface area (Å²) in [5.74, 6) is 0.0660. The Labute approximate surface area is 117 Å². The Morgan fingerprint density at radius 3 is 2.89 bits per heavy atom. The lowest BCUT2D eigenvalue weighted by Gasteiger charge is -2.07. The van der Waals surface area contributed by atoms with Crippen molar-refractivity contribution in [1.82, 2.24) is 10.6 Å². The third-order valence-corrected chi connectivity index (χ3v) is 2.80. The molecule has 0 atom stereocenters. The van der Waals surface area contributed by atoms with Gasteiger partial charge in [0.05, 0.1) is 11.6 Å². The quantitative estimate of drug-likeness (QED) is 0.630. The molecule has 1 rings (SSSR count). The molecule has 0 saturated carbocycles. The fourth-order valence-electron chi connectivity index (χ4n) is 1.48. The van der Waals surface area contributed by atoms with E-state index < -0.39 is 0 Å². The maximum absolute atomic E-state index is 11.4. The number of carbonyl (C=O) groups excluding carboxylic acids is 1. The van der Waals surface area contributed by atoms with Crippen molar-refractivity contribution in [3.63, 3.8) is 0 Å². The van der Waals surface area contributed by atoms with Gasteiger partial charge in [0.1, 0.15) is 5.75 Å². The van der Waals surface area contributed by atoms with Crippen molar-refractivity contribution in [2.45, 2.75) is 13.0 Å². The Balaban J connectivity index is 2.16. The number of methoxy groups -OCH3 is 1. The van der Waals surface area contributed by atoms with Crippen molar-refractivity contribution in [2.75, 3.05) is 26.8 Å². The highest BCUT2D eigenvalue weighted by Crippen LogP contribution is 2.23. The first kappa shape index (κ1) is 15.8. The molecule has 0 aliphatic carbocycles. The van der Waals surface area contributed by atoms with Crippen molar-refractivity contribution in [3.8, 4) is 5.75 Å². The minimum Gasteiger partial charge on any atom is -0.506 e. The van der Waals surface area contributed by atoms with Crippen molar-refractivity contribution < 1.29 is 14.6 Å². The minimum atomic E-state index is -0.00621. The molecule has 0 bridgehead atoms. The predicted octanol–water partition coefficient (Wildman–Crippen LogP) is 1.29. The summed E-state index contributed by atoms with van der Waals surface area (Å²) in [5, 5.41) is 15.5. The molecule has 0 radical (unpaired) electrons. The summed E-state index contributed by atoms with van der Waals surface area (Å²) < 4.78 is 4.83. The van der Waals surface area contributed by atoms with Crippen LogP contribution in [0.25, 0.3) is 0 Å². The van der Waals surface area contributed by atoms with Crippen LogP contribution < -0.4 is 10.6 Å². The third kappa shape index (κ3) is 6.42. The van der Waals surface area contributed by atoms with Crippen LogP contribution in [0.5, 0.6) is 5.75 Å². The van der Waals surface area contributed by atoms with E-state index in [9.17, 15) is 9.90 Å². The predicted molar refractivity (Wildman–Crippen MR) is 74.3 cm³/mol. The first-order valence-electron chi connectivity index (χ1n) is 6.07. The average Bonchev–Trinajstić information content (AvgIpc) is 2.39. The number of carbonyl (C=O) groups is 1. The van der Waals surface area contributed by atoms with Gasteiger partial charge in [-0.15, -0.1) is 0 Å². The van der Waals surface area contributed by atoms with Crippen LogP contribution in [0.3, 0.4) is 0 Å². The number of halogens is 1. The number of amides is 1. The van der Waals surface area contributed by atoms with E-state index in [0.717, 1.165) is 5.56 Å². The Morgan fingerprint density at radius 2 is 2.21 bits per heavy atom. The number of benzene rings is 1. The largest absolute Gasteiger partial charge is 0.506 e. The fourth-order valence-corrected chi connectivity index (χ4v) is 1.68. The smallest absolute Gasteiger partial charge is 0.221 e. The second kappa shape index (κ2) is 8.74. The third-order valence-electron chi connectivity index (χ3n) is 2.50. The molecule has 0 unspecified atom stereocenters. The van der Waals surface area contributed by atoms with Crippen LogP contribution in [0.15, 0.2) is 18.2 Å². The summed E-state index contributed by atoms with van der Waals surface area (Å²) >= 11 is 5.79. The maximum atomic E-state index is 11.4. The second-order valence-electron chi connectivity index (χ2n) is 4.06. The molecule has 6 heteroatoms. The van der Waals surface area contributed by atoms with Gasteiger partial charge in [-0.2, -0.15) is 0 Å². The molecule has 1 aromatic rings. The molecule has 1 amide bonds. The summed E-state index contributed by atoms with van der Waals surface area (Å²) in [6, 6.07) is 5.03. The number of phenolic OH excluding ortho intramolecular Hbond substituents is 1. The molecule has 19 heavy (non-hydrogen) atoms. The molecule has 1 aromatic carbocycles. The lowest BCUT2D eigenvalue weighted by atomic mass is 10.2. The molecule has 3 N–H and O–H groups in total. The molecule has 0 aliphatic rings. The molecular formula is C13H19ClN2O3. The van der Waals surface area contributed by atoms with Crippen molar-refractivity contribution in [2.24, 2.45) is 0 Å². The van der Waals surface area contributed by atoms with Gasteiger partial charge in [-0.3, -0.25) is 4.79 Å². The van der Waals surface area contributed by atoms with E-state index in [1.165, 1.54) is 0 Å². The van der Waals surface area contributed by atoms with E-state index >= 15 is 0 Å². The van der Waals surface area contributed by atoms with Crippen LogP contribution in [0, 0.1) is 0 Å². The Bertz CT molecular complexity index is 413. The zero-order chi connectivity index (χ0) is 14.1. The standard InChI is InChI=1S/C13H19ClN2O3/c1-19-7-6-16-13(18)4-5-15-9-10-2-3-12(17)11(14)8-10/h2-3,8,15,17H,4-7,9H2,1H3,(H,16,18). The van der Waals surface area contributed by atoms with Gasteiger partial charge in [0.2, 0.25) is 5.91 Å². The molecule has 0 aromatic heterocycles.